The Bertz CT molecular complexity index is 949. The lowest BCUT2D eigenvalue weighted by Gasteiger charge is -2.24. The number of piperidine rings is 1. The van der Waals surface area contributed by atoms with Crippen LogP contribution >= 0.6 is 0 Å². The van der Waals surface area contributed by atoms with E-state index < -0.39 is 0 Å². The smallest absolute Gasteiger partial charge is 0.272 e. The molecular weight excluding hydrogens is 338 g/mol. The van der Waals surface area contributed by atoms with Crippen LogP contribution in [-0.2, 0) is 7.05 Å². The topological polar surface area (TPSA) is 63.9 Å². The number of nitrogens with zero attached hydrogens (tertiary/aromatic N) is 3. The number of anilines is 1. The molecule has 6 heteroatoms. The molecule has 1 saturated heterocycles. The highest BCUT2D eigenvalue weighted by Gasteiger charge is 2.20. The van der Waals surface area contributed by atoms with Gasteiger partial charge in [-0.3, -0.25) is 4.79 Å². The molecule has 1 unspecified atom stereocenters. The van der Waals surface area contributed by atoms with Crippen molar-refractivity contribution in [3.8, 4) is 5.69 Å². The van der Waals surface area contributed by atoms with Gasteiger partial charge in [0.25, 0.3) is 5.91 Å². The van der Waals surface area contributed by atoms with Crippen molar-refractivity contribution >= 4 is 11.6 Å². The van der Waals surface area contributed by atoms with Crippen molar-refractivity contribution in [1.29, 1.82) is 0 Å². The minimum absolute atomic E-state index is 0.103. The molecule has 3 heterocycles. The van der Waals surface area contributed by atoms with Crippen molar-refractivity contribution in [3.05, 3.63) is 65.7 Å². The van der Waals surface area contributed by atoms with E-state index in [1.165, 1.54) is 18.5 Å². The summed E-state index contributed by atoms with van der Waals surface area (Å²) in [6.07, 6.45) is 5.48. The average molecular weight is 363 g/mol. The molecule has 1 aromatic carbocycles. The van der Waals surface area contributed by atoms with E-state index in [1.54, 1.807) is 4.68 Å². The number of benzene rings is 1. The summed E-state index contributed by atoms with van der Waals surface area (Å²) in [7, 11) is 1.96. The van der Waals surface area contributed by atoms with E-state index in [0.29, 0.717) is 11.7 Å². The van der Waals surface area contributed by atoms with Crippen molar-refractivity contribution in [2.45, 2.75) is 32.2 Å². The zero-order valence-electron chi connectivity index (χ0n) is 15.8. The first-order chi connectivity index (χ1) is 13.1. The van der Waals surface area contributed by atoms with Crippen LogP contribution in [-0.4, -0.2) is 26.8 Å². The van der Waals surface area contributed by atoms with Crippen LogP contribution in [0.4, 0.5) is 5.69 Å². The average Bonchev–Trinajstić information content (AvgIpc) is 3.28. The van der Waals surface area contributed by atoms with Crippen LogP contribution in [0.5, 0.6) is 0 Å². The van der Waals surface area contributed by atoms with Gasteiger partial charge in [0, 0.05) is 30.7 Å². The molecule has 140 valence electrons. The molecule has 2 N–H and O–H groups in total. The van der Waals surface area contributed by atoms with E-state index in [-0.39, 0.29) is 5.91 Å². The Morgan fingerprint density at radius 1 is 1.22 bits per heavy atom. The molecule has 6 nitrogen and oxygen atoms in total. The molecule has 1 aliphatic rings. The summed E-state index contributed by atoms with van der Waals surface area (Å²) < 4.78 is 3.80. The zero-order chi connectivity index (χ0) is 18.8. The summed E-state index contributed by atoms with van der Waals surface area (Å²) in [6.45, 7) is 2.99. The van der Waals surface area contributed by atoms with Gasteiger partial charge in [-0.15, -0.1) is 0 Å². The molecule has 27 heavy (non-hydrogen) atoms. The molecule has 1 amide bonds. The third-order valence-electron chi connectivity index (χ3n) is 5.15. The van der Waals surface area contributed by atoms with E-state index in [4.69, 9.17) is 0 Å². The standard InChI is InChI=1S/C21H25N5O/c1-15-11-13-26(24-15)17-7-5-6-16(14-17)23-21(27)20-10-9-19(25(20)2)18-8-3-4-12-22-18/h5-7,9-11,13-14,18,22H,3-4,8,12H2,1-2H3,(H,23,27). The Morgan fingerprint density at radius 2 is 2.11 bits per heavy atom. The molecule has 0 bridgehead atoms. The molecule has 1 fully saturated rings. The van der Waals surface area contributed by atoms with Crippen molar-refractivity contribution in [3.63, 3.8) is 0 Å². The number of carbonyl (C=O) groups excluding carboxylic acids is 1. The SMILES string of the molecule is Cc1ccn(-c2cccc(NC(=O)c3ccc(C4CCCCN4)n3C)c2)n1. The van der Waals surface area contributed by atoms with Crippen LogP contribution in [0.15, 0.2) is 48.7 Å². The molecule has 3 aromatic rings. The maximum Gasteiger partial charge on any atom is 0.272 e. The van der Waals surface area contributed by atoms with E-state index >= 15 is 0 Å². The fourth-order valence-corrected chi connectivity index (χ4v) is 3.69. The number of carbonyl (C=O) groups is 1. The van der Waals surface area contributed by atoms with Crippen LogP contribution in [0.2, 0.25) is 0 Å². The van der Waals surface area contributed by atoms with Gasteiger partial charge in [-0.25, -0.2) is 4.68 Å². The second-order valence-electron chi connectivity index (χ2n) is 7.11. The minimum atomic E-state index is -0.103. The summed E-state index contributed by atoms with van der Waals surface area (Å²) in [5.41, 5.74) is 4.46. The van der Waals surface area contributed by atoms with Crippen molar-refractivity contribution in [2.24, 2.45) is 7.05 Å². The highest BCUT2D eigenvalue weighted by molar-refractivity contribution is 6.03. The second kappa shape index (κ2) is 7.40. The van der Waals surface area contributed by atoms with Gasteiger partial charge in [0.1, 0.15) is 5.69 Å². The van der Waals surface area contributed by atoms with Crippen LogP contribution in [0.1, 0.15) is 47.2 Å². The summed E-state index contributed by atoms with van der Waals surface area (Å²) in [4.78, 5) is 12.8. The normalized spacial score (nSPS) is 17.0. The number of rotatable bonds is 4. The zero-order valence-corrected chi connectivity index (χ0v) is 15.8. The maximum atomic E-state index is 12.8. The maximum absolute atomic E-state index is 12.8. The predicted molar refractivity (Wildman–Crippen MR) is 106 cm³/mol. The Kier molecular flexibility index (Phi) is 4.81. The molecule has 1 aliphatic heterocycles. The number of nitrogens with one attached hydrogen (secondary N) is 2. The lowest BCUT2D eigenvalue weighted by Crippen LogP contribution is -2.28. The predicted octanol–water partition coefficient (Wildman–Crippen LogP) is 3.59. The Labute approximate surface area is 159 Å². The largest absolute Gasteiger partial charge is 0.342 e. The lowest BCUT2D eigenvalue weighted by molar-refractivity contribution is 0.101. The molecule has 1 atom stereocenters. The second-order valence-corrected chi connectivity index (χ2v) is 7.11. The molecule has 0 spiro atoms. The number of hydrogen-bond donors (Lipinski definition) is 2. The van der Waals surface area contributed by atoms with Crippen LogP contribution in [0.25, 0.3) is 5.69 Å². The number of hydrogen-bond acceptors (Lipinski definition) is 3. The highest BCUT2D eigenvalue weighted by Crippen LogP contribution is 2.25. The molecule has 0 aliphatic carbocycles. The van der Waals surface area contributed by atoms with Gasteiger partial charge >= 0.3 is 0 Å². The van der Waals surface area contributed by atoms with Gasteiger partial charge in [-0.1, -0.05) is 12.5 Å². The molecular formula is C21H25N5O. The third-order valence-corrected chi connectivity index (χ3v) is 5.15. The van der Waals surface area contributed by atoms with E-state index in [9.17, 15) is 4.79 Å². The summed E-state index contributed by atoms with van der Waals surface area (Å²) in [5.74, 6) is -0.103. The van der Waals surface area contributed by atoms with Gasteiger partial charge in [0.2, 0.25) is 0 Å². The monoisotopic (exact) mass is 363 g/mol. The summed E-state index contributed by atoms with van der Waals surface area (Å²) in [5, 5.41) is 11.0. The Morgan fingerprint density at radius 3 is 2.85 bits per heavy atom. The molecule has 2 aromatic heterocycles. The molecule has 0 saturated carbocycles. The summed E-state index contributed by atoms with van der Waals surface area (Å²) in [6, 6.07) is 14.0. The van der Waals surface area contributed by atoms with E-state index in [0.717, 1.165) is 30.0 Å². The van der Waals surface area contributed by atoms with Gasteiger partial charge in [0.15, 0.2) is 0 Å². The fourth-order valence-electron chi connectivity index (χ4n) is 3.69. The van der Waals surface area contributed by atoms with Crippen LogP contribution < -0.4 is 10.6 Å². The first kappa shape index (κ1) is 17.5. The van der Waals surface area contributed by atoms with Gasteiger partial charge < -0.3 is 15.2 Å². The minimum Gasteiger partial charge on any atom is -0.342 e. The van der Waals surface area contributed by atoms with E-state index in [1.807, 2.05) is 61.1 Å². The molecule has 0 radical (unpaired) electrons. The van der Waals surface area contributed by atoms with Gasteiger partial charge in [-0.2, -0.15) is 5.10 Å². The van der Waals surface area contributed by atoms with Gasteiger partial charge in [-0.05, 0) is 62.7 Å². The Hall–Kier alpha value is -2.86. The van der Waals surface area contributed by atoms with Crippen molar-refractivity contribution in [2.75, 3.05) is 11.9 Å². The van der Waals surface area contributed by atoms with Gasteiger partial charge in [0.05, 0.1) is 11.4 Å². The summed E-state index contributed by atoms with van der Waals surface area (Å²) >= 11 is 0. The van der Waals surface area contributed by atoms with E-state index in [2.05, 4.69) is 21.8 Å². The first-order valence-electron chi connectivity index (χ1n) is 9.45. The number of amides is 1. The Balaban J connectivity index is 1.52. The van der Waals surface area contributed by atoms with Crippen LogP contribution in [0.3, 0.4) is 0 Å². The highest BCUT2D eigenvalue weighted by atomic mass is 16.1. The van der Waals surface area contributed by atoms with Crippen molar-refractivity contribution < 1.29 is 4.79 Å². The molecule has 4 rings (SSSR count). The fraction of sp³-hybridized carbons (Fsp3) is 0.333. The first-order valence-corrected chi connectivity index (χ1v) is 9.45. The lowest BCUT2D eigenvalue weighted by atomic mass is 10.0. The number of aromatic nitrogens is 3. The quantitative estimate of drug-likeness (QED) is 0.745. The third kappa shape index (κ3) is 3.66. The number of aryl methyl sites for hydroxylation is 1. The van der Waals surface area contributed by atoms with Crippen molar-refractivity contribution in [1.82, 2.24) is 19.7 Å². The van der Waals surface area contributed by atoms with Crippen LogP contribution in [0, 0.1) is 6.92 Å².